The maximum absolute atomic E-state index is 15.1. The van der Waals surface area contributed by atoms with Gasteiger partial charge >= 0.3 is 19.8 Å². The molecular weight excluding hydrogens is 614 g/mol. The Bertz CT molecular complexity index is 938. The fourth-order valence-corrected chi connectivity index (χ4v) is 3.56. The van der Waals surface area contributed by atoms with Crippen LogP contribution in [0.15, 0.2) is 42.5 Å². The van der Waals surface area contributed by atoms with Crippen LogP contribution in [-0.2, 0) is 31.0 Å². The number of rotatable bonds is 4. The summed E-state index contributed by atoms with van der Waals surface area (Å²) < 4.78 is 57.4. The standard InChI is InChI=1S/C21H21F4N2O.C3H5.H2O.Os/c1-12(2)20(28)27-11-21(24,25)19(26)17(27)10-13-6-5-8-15(18(13)23)14-7-3-4-9-16(14)22;1-2-3-1;;/h3-9,12,17,19,26H,10-11H2,1-2H3;1H,2-3H2;1H2;/q2*-1;;+4/t17-,19+;;;/m0.../s1. The van der Waals surface area contributed by atoms with Crippen LogP contribution < -0.4 is 0 Å². The molecule has 0 radical (unpaired) electrons. The molecule has 2 aromatic carbocycles. The summed E-state index contributed by atoms with van der Waals surface area (Å²) in [7, 11) is 0. The number of nitrogens with one attached hydrogen (secondary N) is 1. The second kappa shape index (κ2) is 12.1. The molecule has 180 valence electrons. The van der Waals surface area contributed by atoms with E-state index in [1.165, 1.54) is 49.2 Å². The Morgan fingerprint density at radius 3 is 2.24 bits per heavy atom. The van der Waals surface area contributed by atoms with Gasteiger partial charge < -0.3 is 22.5 Å². The van der Waals surface area contributed by atoms with Gasteiger partial charge in [-0.1, -0.05) is 50.2 Å². The molecule has 0 spiro atoms. The number of amides is 1. The van der Waals surface area contributed by atoms with Crippen molar-refractivity contribution in [1.82, 2.24) is 4.90 Å². The molecule has 1 aliphatic heterocycles. The van der Waals surface area contributed by atoms with Gasteiger partial charge in [-0.25, -0.2) is 30.4 Å². The van der Waals surface area contributed by atoms with Crippen molar-refractivity contribution < 1.29 is 47.6 Å². The third-order valence-electron chi connectivity index (χ3n) is 5.36. The molecule has 33 heavy (non-hydrogen) atoms. The third kappa shape index (κ3) is 6.85. The minimum absolute atomic E-state index is 0. The minimum atomic E-state index is -3.37. The topological polar surface area (TPSA) is 75.6 Å². The summed E-state index contributed by atoms with van der Waals surface area (Å²) in [5.74, 6) is -5.70. The van der Waals surface area contributed by atoms with Crippen molar-refractivity contribution in [2.24, 2.45) is 5.92 Å². The van der Waals surface area contributed by atoms with Crippen molar-refractivity contribution in [2.75, 3.05) is 6.54 Å². The minimum Gasteiger partial charge on any atom is -0.668 e. The first-order chi connectivity index (χ1) is 14.6. The number of carbonyl (C=O) groups excluding carboxylic acids is 1. The van der Waals surface area contributed by atoms with Gasteiger partial charge in [-0.15, -0.1) is 0 Å². The molecule has 0 unspecified atom stereocenters. The number of benzene rings is 2. The summed E-state index contributed by atoms with van der Waals surface area (Å²) in [5, 5.41) is 0. The second-order valence-electron chi connectivity index (χ2n) is 8.26. The van der Waals surface area contributed by atoms with Crippen LogP contribution in [-0.4, -0.2) is 40.8 Å². The smallest absolute Gasteiger partial charge is 0.668 e. The molecular formula is C24H28F4N2O2Os+2. The molecule has 1 saturated carbocycles. The monoisotopic (exact) mass is 644 g/mol. The van der Waals surface area contributed by atoms with E-state index in [0.717, 1.165) is 4.90 Å². The third-order valence-corrected chi connectivity index (χ3v) is 5.36. The zero-order valence-electron chi connectivity index (χ0n) is 18.4. The Morgan fingerprint density at radius 2 is 1.70 bits per heavy atom. The van der Waals surface area contributed by atoms with E-state index in [1.54, 1.807) is 19.9 Å². The quantitative estimate of drug-likeness (QED) is 0.332. The molecule has 1 amide bonds. The van der Waals surface area contributed by atoms with Gasteiger partial charge in [-0.2, -0.15) is 0 Å². The van der Waals surface area contributed by atoms with Gasteiger partial charge in [0.15, 0.2) is 0 Å². The van der Waals surface area contributed by atoms with E-state index in [1.807, 2.05) is 0 Å². The molecule has 4 rings (SSSR count). The number of alkyl halides is 2. The molecule has 3 N–H and O–H groups in total. The Kier molecular flexibility index (Phi) is 10.7. The van der Waals surface area contributed by atoms with Crippen LogP contribution in [0.2, 0.25) is 0 Å². The van der Waals surface area contributed by atoms with Crippen molar-refractivity contribution in [2.45, 2.75) is 51.1 Å². The van der Waals surface area contributed by atoms with Gasteiger partial charge in [-0.3, -0.25) is 4.79 Å². The summed E-state index contributed by atoms with van der Waals surface area (Å²) in [5.41, 5.74) is 8.06. The van der Waals surface area contributed by atoms with Crippen LogP contribution in [0.1, 0.15) is 32.3 Å². The van der Waals surface area contributed by atoms with Crippen LogP contribution >= 0.6 is 0 Å². The van der Waals surface area contributed by atoms with Crippen molar-refractivity contribution >= 4 is 5.91 Å². The summed E-state index contributed by atoms with van der Waals surface area (Å²) >= 11 is 0. The number of hydrogen-bond acceptors (Lipinski definition) is 1. The predicted molar refractivity (Wildman–Crippen MR) is 116 cm³/mol. The number of likely N-dealkylation sites (tertiary alicyclic amines) is 1. The maximum Gasteiger partial charge on any atom is 4.00 e. The first-order valence-electron chi connectivity index (χ1n) is 10.4. The van der Waals surface area contributed by atoms with Crippen LogP contribution in [0.3, 0.4) is 0 Å². The van der Waals surface area contributed by atoms with Crippen molar-refractivity contribution in [3.8, 4) is 11.1 Å². The number of carbonyl (C=O) groups is 1. The number of halogens is 4. The van der Waals surface area contributed by atoms with Crippen LogP contribution in [0.5, 0.6) is 0 Å². The fraction of sp³-hybridized carbons (Fsp3) is 0.417. The van der Waals surface area contributed by atoms with Gasteiger partial charge in [-0.05, 0) is 24.1 Å². The van der Waals surface area contributed by atoms with Crippen LogP contribution in [0.4, 0.5) is 17.6 Å². The predicted octanol–water partition coefficient (Wildman–Crippen LogP) is 5.25. The Labute approximate surface area is 204 Å². The van der Waals surface area contributed by atoms with E-state index in [4.69, 9.17) is 5.73 Å². The molecule has 9 heteroatoms. The zero-order valence-corrected chi connectivity index (χ0v) is 20.9. The molecule has 2 atom stereocenters. The van der Waals surface area contributed by atoms with Gasteiger partial charge in [0.25, 0.3) is 5.92 Å². The molecule has 1 saturated heterocycles. The van der Waals surface area contributed by atoms with Crippen molar-refractivity contribution in [3.05, 3.63) is 71.8 Å². The molecule has 1 heterocycles. The largest absolute Gasteiger partial charge is 4.00 e. The Balaban J connectivity index is 0.00000101. The number of hydrogen-bond donors (Lipinski definition) is 0. The maximum atomic E-state index is 15.1. The van der Waals surface area contributed by atoms with Crippen molar-refractivity contribution in [1.29, 1.82) is 0 Å². The summed E-state index contributed by atoms with van der Waals surface area (Å²) in [4.78, 5) is 13.3. The average Bonchev–Trinajstić information content (AvgIpc) is 3.58. The molecule has 2 fully saturated rings. The first kappa shape index (κ1) is 29.2. The van der Waals surface area contributed by atoms with E-state index in [0.29, 0.717) is 0 Å². The Hall–Kier alpha value is -1.81. The average molecular weight is 643 g/mol. The van der Waals surface area contributed by atoms with E-state index >= 15 is 4.39 Å². The SMILES string of the molecule is CC(C)C(=O)N1CC(F)(F)[C@H]([NH-])[C@@H]1Cc1cccc(-c2ccccc2F)c1F.O.[CH-]1CC1.[Os+4]. The van der Waals surface area contributed by atoms with E-state index in [-0.39, 0.29) is 48.4 Å². The van der Waals surface area contributed by atoms with E-state index in [9.17, 15) is 18.0 Å². The van der Waals surface area contributed by atoms with Gasteiger partial charge in [0.1, 0.15) is 11.6 Å². The second-order valence-corrected chi connectivity index (χ2v) is 8.26. The van der Waals surface area contributed by atoms with E-state index in [2.05, 4.69) is 6.42 Å². The molecule has 1 aliphatic carbocycles. The van der Waals surface area contributed by atoms with Crippen molar-refractivity contribution in [3.63, 3.8) is 0 Å². The van der Waals surface area contributed by atoms with E-state index < -0.39 is 48.0 Å². The Morgan fingerprint density at radius 1 is 1.12 bits per heavy atom. The van der Waals surface area contributed by atoms with Crippen LogP contribution in [0.25, 0.3) is 16.9 Å². The summed E-state index contributed by atoms with van der Waals surface area (Å²) in [6.45, 7) is 2.33. The molecule has 4 nitrogen and oxygen atoms in total. The number of nitrogens with zero attached hydrogens (tertiary/aromatic N) is 1. The van der Waals surface area contributed by atoms with Gasteiger partial charge in [0, 0.05) is 23.1 Å². The fourth-order valence-electron chi connectivity index (χ4n) is 3.56. The molecule has 0 bridgehead atoms. The summed E-state index contributed by atoms with van der Waals surface area (Å²) in [6.07, 6.45) is 4.76. The first-order valence-corrected chi connectivity index (χ1v) is 10.4. The zero-order chi connectivity index (χ0) is 22.8. The molecule has 0 aromatic heterocycles. The van der Waals surface area contributed by atoms with Gasteiger partial charge in [0.2, 0.25) is 5.91 Å². The molecule has 2 aromatic rings. The van der Waals surface area contributed by atoms with Crippen LogP contribution in [0, 0.1) is 24.0 Å². The summed E-state index contributed by atoms with van der Waals surface area (Å²) in [6, 6.07) is 7.04. The molecule has 2 aliphatic rings. The normalized spacial score (nSPS) is 20.3. The van der Waals surface area contributed by atoms with Gasteiger partial charge in [0.05, 0.1) is 6.54 Å².